The summed E-state index contributed by atoms with van der Waals surface area (Å²) >= 11 is 3.34. The first-order chi connectivity index (χ1) is 6.36. The first-order valence-corrected chi connectivity index (χ1v) is 5.25. The monoisotopic (exact) mass is 244 g/mol. The molecular formula is C9H13BrN2O. The first kappa shape index (κ1) is 10.5. The predicted octanol–water partition coefficient (Wildman–Crippen LogP) is 1.57. The van der Waals surface area contributed by atoms with Crippen LogP contribution in [0.15, 0.2) is 18.2 Å². The molecular weight excluding hydrogens is 232 g/mol. The SMILES string of the molecule is COc1cccc(CNCCBr)n1. The molecule has 0 bridgehead atoms. The van der Waals surface area contributed by atoms with Gasteiger partial charge in [0, 0.05) is 24.5 Å². The molecule has 1 aromatic heterocycles. The zero-order valence-corrected chi connectivity index (χ0v) is 9.17. The Bertz CT molecular complexity index is 255. The smallest absolute Gasteiger partial charge is 0.213 e. The van der Waals surface area contributed by atoms with Crippen LogP contribution in [0, 0.1) is 0 Å². The highest BCUT2D eigenvalue weighted by Gasteiger charge is 1.95. The maximum absolute atomic E-state index is 5.01. The van der Waals surface area contributed by atoms with Gasteiger partial charge in [0.25, 0.3) is 0 Å². The number of ether oxygens (including phenoxy) is 1. The number of hydrogen-bond donors (Lipinski definition) is 1. The van der Waals surface area contributed by atoms with E-state index in [0.717, 1.165) is 24.1 Å². The van der Waals surface area contributed by atoms with Crippen molar-refractivity contribution in [3.63, 3.8) is 0 Å². The standard InChI is InChI=1S/C9H13BrN2O/c1-13-9-4-2-3-8(12-9)7-11-6-5-10/h2-4,11H,5-7H2,1H3. The molecule has 0 fully saturated rings. The van der Waals surface area contributed by atoms with Crippen LogP contribution in [0.1, 0.15) is 5.69 Å². The number of alkyl halides is 1. The van der Waals surface area contributed by atoms with Gasteiger partial charge in [-0.2, -0.15) is 0 Å². The molecule has 0 unspecified atom stereocenters. The van der Waals surface area contributed by atoms with Crippen molar-refractivity contribution in [1.29, 1.82) is 0 Å². The summed E-state index contributed by atoms with van der Waals surface area (Å²) in [4.78, 5) is 4.26. The van der Waals surface area contributed by atoms with Gasteiger partial charge in [0.2, 0.25) is 5.88 Å². The second-order valence-electron chi connectivity index (χ2n) is 2.54. The lowest BCUT2D eigenvalue weighted by atomic mass is 10.3. The lowest BCUT2D eigenvalue weighted by molar-refractivity contribution is 0.396. The summed E-state index contributed by atoms with van der Waals surface area (Å²) in [5.41, 5.74) is 1.00. The number of rotatable bonds is 5. The minimum atomic E-state index is 0.665. The summed E-state index contributed by atoms with van der Waals surface area (Å²) in [5.74, 6) is 0.665. The highest BCUT2D eigenvalue weighted by Crippen LogP contribution is 2.05. The number of nitrogens with zero attached hydrogens (tertiary/aromatic N) is 1. The molecule has 13 heavy (non-hydrogen) atoms. The number of nitrogens with one attached hydrogen (secondary N) is 1. The van der Waals surface area contributed by atoms with Crippen LogP contribution in [0.4, 0.5) is 0 Å². The lowest BCUT2D eigenvalue weighted by Crippen LogP contribution is -2.16. The van der Waals surface area contributed by atoms with Gasteiger partial charge in [-0.3, -0.25) is 0 Å². The molecule has 0 amide bonds. The van der Waals surface area contributed by atoms with Crippen LogP contribution in [0.25, 0.3) is 0 Å². The van der Waals surface area contributed by atoms with E-state index in [1.54, 1.807) is 7.11 Å². The van der Waals surface area contributed by atoms with Gasteiger partial charge in [0.15, 0.2) is 0 Å². The van der Waals surface area contributed by atoms with E-state index >= 15 is 0 Å². The van der Waals surface area contributed by atoms with Gasteiger partial charge >= 0.3 is 0 Å². The zero-order valence-electron chi connectivity index (χ0n) is 7.59. The number of pyridine rings is 1. The number of halogens is 1. The van der Waals surface area contributed by atoms with Crippen molar-refractivity contribution in [2.45, 2.75) is 6.54 Å². The third-order valence-electron chi connectivity index (χ3n) is 1.57. The molecule has 0 atom stereocenters. The average molecular weight is 245 g/mol. The Hall–Kier alpha value is -0.610. The van der Waals surface area contributed by atoms with E-state index in [0.29, 0.717) is 5.88 Å². The maximum atomic E-state index is 5.01. The molecule has 3 nitrogen and oxygen atoms in total. The molecule has 1 N–H and O–H groups in total. The third-order valence-corrected chi connectivity index (χ3v) is 1.96. The van der Waals surface area contributed by atoms with Crippen LogP contribution >= 0.6 is 15.9 Å². The molecule has 0 saturated heterocycles. The molecule has 0 aromatic carbocycles. The zero-order chi connectivity index (χ0) is 9.52. The Kier molecular flexibility index (Phi) is 4.78. The molecule has 1 heterocycles. The van der Waals surface area contributed by atoms with Gasteiger partial charge in [-0.25, -0.2) is 4.98 Å². The van der Waals surface area contributed by atoms with Crippen molar-refractivity contribution in [1.82, 2.24) is 10.3 Å². The van der Waals surface area contributed by atoms with E-state index in [-0.39, 0.29) is 0 Å². The van der Waals surface area contributed by atoms with E-state index < -0.39 is 0 Å². The Balaban J connectivity index is 2.46. The molecule has 1 rings (SSSR count). The number of aromatic nitrogens is 1. The molecule has 72 valence electrons. The number of hydrogen-bond acceptors (Lipinski definition) is 3. The van der Waals surface area contributed by atoms with Gasteiger partial charge in [0.05, 0.1) is 12.8 Å². The van der Waals surface area contributed by atoms with Crippen molar-refractivity contribution in [2.24, 2.45) is 0 Å². The van der Waals surface area contributed by atoms with Gasteiger partial charge in [-0.15, -0.1) is 0 Å². The van der Waals surface area contributed by atoms with Crippen molar-refractivity contribution in [2.75, 3.05) is 19.0 Å². The Labute approximate surface area is 86.6 Å². The summed E-state index contributed by atoms with van der Waals surface area (Å²) < 4.78 is 5.01. The second kappa shape index (κ2) is 5.94. The summed E-state index contributed by atoms with van der Waals surface area (Å²) in [6.45, 7) is 1.72. The van der Waals surface area contributed by atoms with E-state index in [1.807, 2.05) is 18.2 Å². The molecule has 0 aliphatic rings. The summed E-state index contributed by atoms with van der Waals surface area (Å²) in [6.07, 6.45) is 0. The molecule has 0 aliphatic heterocycles. The van der Waals surface area contributed by atoms with Crippen LogP contribution < -0.4 is 10.1 Å². The van der Waals surface area contributed by atoms with Crippen molar-refractivity contribution in [3.8, 4) is 5.88 Å². The predicted molar refractivity (Wildman–Crippen MR) is 56.3 cm³/mol. The molecule has 0 spiro atoms. The first-order valence-electron chi connectivity index (χ1n) is 4.13. The van der Waals surface area contributed by atoms with E-state index in [4.69, 9.17) is 4.74 Å². The van der Waals surface area contributed by atoms with Crippen molar-refractivity contribution < 1.29 is 4.74 Å². The highest BCUT2D eigenvalue weighted by molar-refractivity contribution is 9.09. The molecule has 0 saturated carbocycles. The summed E-state index contributed by atoms with van der Waals surface area (Å²) in [6, 6.07) is 5.76. The normalized spacial score (nSPS) is 10.0. The van der Waals surface area contributed by atoms with Gasteiger partial charge < -0.3 is 10.1 Å². The maximum Gasteiger partial charge on any atom is 0.213 e. The minimum absolute atomic E-state index is 0.665. The van der Waals surface area contributed by atoms with Gasteiger partial charge in [0.1, 0.15) is 0 Å². The van der Waals surface area contributed by atoms with Crippen LogP contribution in [0.5, 0.6) is 5.88 Å². The molecule has 4 heteroatoms. The Morgan fingerprint density at radius 3 is 3.08 bits per heavy atom. The van der Waals surface area contributed by atoms with E-state index in [9.17, 15) is 0 Å². The van der Waals surface area contributed by atoms with Crippen LogP contribution in [-0.2, 0) is 6.54 Å². The van der Waals surface area contributed by atoms with Crippen molar-refractivity contribution in [3.05, 3.63) is 23.9 Å². The molecule has 1 aromatic rings. The molecule has 0 radical (unpaired) electrons. The lowest BCUT2D eigenvalue weighted by Gasteiger charge is -2.03. The quantitative estimate of drug-likeness (QED) is 0.631. The number of methoxy groups -OCH3 is 1. The minimum Gasteiger partial charge on any atom is -0.481 e. The van der Waals surface area contributed by atoms with Gasteiger partial charge in [-0.1, -0.05) is 22.0 Å². The van der Waals surface area contributed by atoms with Gasteiger partial charge in [-0.05, 0) is 6.07 Å². The van der Waals surface area contributed by atoms with Crippen LogP contribution in [0.3, 0.4) is 0 Å². The van der Waals surface area contributed by atoms with E-state index in [1.165, 1.54) is 0 Å². The average Bonchev–Trinajstić information content (AvgIpc) is 2.19. The summed E-state index contributed by atoms with van der Waals surface area (Å²) in [7, 11) is 1.62. The topological polar surface area (TPSA) is 34.1 Å². The Morgan fingerprint density at radius 1 is 1.54 bits per heavy atom. The largest absolute Gasteiger partial charge is 0.481 e. The summed E-state index contributed by atoms with van der Waals surface area (Å²) in [5, 5.41) is 4.19. The van der Waals surface area contributed by atoms with E-state index in [2.05, 4.69) is 26.2 Å². The highest BCUT2D eigenvalue weighted by atomic mass is 79.9. The third kappa shape index (κ3) is 3.74. The fourth-order valence-corrected chi connectivity index (χ4v) is 1.23. The fourth-order valence-electron chi connectivity index (χ4n) is 0.953. The fraction of sp³-hybridized carbons (Fsp3) is 0.444. The van der Waals surface area contributed by atoms with Crippen LogP contribution in [-0.4, -0.2) is 24.0 Å². The second-order valence-corrected chi connectivity index (χ2v) is 3.33. The Morgan fingerprint density at radius 2 is 2.38 bits per heavy atom. The molecule has 0 aliphatic carbocycles. The van der Waals surface area contributed by atoms with Crippen LogP contribution in [0.2, 0.25) is 0 Å². The van der Waals surface area contributed by atoms with Crippen molar-refractivity contribution >= 4 is 15.9 Å².